The van der Waals surface area contributed by atoms with E-state index in [1.54, 1.807) is 13.8 Å². The zero-order valence-electron chi connectivity index (χ0n) is 7.49. The molecule has 0 bridgehead atoms. The van der Waals surface area contributed by atoms with Gasteiger partial charge in [-0.3, -0.25) is 0 Å². The van der Waals surface area contributed by atoms with E-state index in [0.29, 0.717) is 0 Å². The molecular weight excluding hydrogens is 191 g/mol. The SMILES string of the molecule is CC(C)S(=O)(=O)c1cccc(F)c1. The molecule has 72 valence electrons. The Hall–Kier alpha value is -0.900. The van der Waals surface area contributed by atoms with Gasteiger partial charge in [0.1, 0.15) is 5.82 Å². The summed E-state index contributed by atoms with van der Waals surface area (Å²) in [6.07, 6.45) is 0. The van der Waals surface area contributed by atoms with Crippen LogP contribution in [0.2, 0.25) is 0 Å². The molecule has 1 aromatic carbocycles. The average Bonchev–Trinajstić information content (AvgIpc) is 2.04. The van der Waals surface area contributed by atoms with Crippen LogP contribution in [0.5, 0.6) is 0 Å². The molecule has 0 heterocycles. The Morgan fingerprint density at radius 1 is 1.31 bits per heavy atom. The molecule has 0 aliphatic heterocycles. The van der Waals surface area contributed by atoms with Crippen LogP contribution in [0.3, 0.4) is 0 Å². The molecule has 0 atom stereocenters. The normalized spacial score (nSPS) is 12.0. The van der Waals surface area contributed by atoms with E-state index >= 15 is 0 Å². The van der Waals surface area contributed by atoms with Gasteiger partial charge in [-0.2, -0.15) is 0 Å². The molecule has 0 saturated carbocycles. The van der Waals surface area contributed by atoms with Crippen molar-refractivity contribution < 1.29 is 12.8 Å². The molecule has 0 unspecified atom stereocenters. The fourth-order valence-electron chi connectivity index (χ4n) is 0.916. The first-order valence-corrected chi connectivity index (χ1v) is 5.48. The van der Waals surface area contributed by atoms with Crippen LogP contribution in [0.1, 0.15) is 13.8 Å². The first-order valence-electron chi connectivity index (χ1n) is 3.94. The summed E-state index contributed by atoms with van der Waals surface area (Å²) in [7, 11) is -3.34. The van der Waals surface area contributed by atoms with E-state index < -0.39 is 20.9 Å². The molecule has 0 amide bonds. The maximum atomic E-state index is 12.7. The quantitative estimate of drug-likeness (QED) is 0.735. The second kappa shape index (κ2) is 3.46. The maximum absolute atomic E-state index is 12.7. The van der Waals surface area contributed by atoms with E-state index in [1.165, 1.54) is 18.2 Å². The molecule has 0 radical (unpaired) electrons. The van der Waals surface area contributed by atoms with E-state index in [9.17, 15) is 12.8 Å². The molecule has 0 aliphatic rings. The maximum Gasteiger partial charge on any atom is 0.180 e. The summed E-state index contributed by atoms with van der Waals surface area (Å²) >= 11 is 0. The summed E-state index contributed by atoms with van der Waals surface area (Å²) in [5.74, 6) is -0.526. The molecular formula is C9H11FO2S. The first-order chi connectivity index (χ1) is 5.94. The highest BCUT2D eigenvalue weighted by atomic mass is 32.2. The van der Waals surface area contributed by atoms with Gasteiger partial charge >= 0.3 is 0 Å². The van der Waals surface area contributed by atoms with Crippen LogP contribution >= 0.6 is 0 Å². The topological polar surface area (TPSA) is 34.1 Å². The molecule has 0 N–H and O–H groups in total. The lowest BCUT2D eigenvalue weighted by Gasteiger charge is -2.06. The van der Waals surface area contributed by atoms with Crippen LogP contribution in [-0.2, 0) is 9.84 Å². The zero-order chi connectivity index (χ0) is 10.1. The van der Waals surface area contributed by atoms with Crippen molar-refractivity contribution in [2.24, 2.45) is 0 Å². The highest BCUT2D eigenvalue weighted by Crippen LogP contribution is 2.16. The van der Waals surface area contributed by atoms with Crippen LogP contribution in [0.25, 0.3) is 0 Å². The van der Waals surface area contributed by atoms with Gasteiger partial charge in [-0.15, -0.1) is 0 Å². The monoisotopic (exact) mass is 202 g/mol. The zero-order valence-corrected chi connectivity index (χ0v) is 8.31. The van der Waals surface area contributed by atoms with Crippen LogP contribution in [0.15, 0.2) is 29.2 Å². The number of sulfone groups is 1. The first kappa shape index (κ1) is 10.2. The lowest BCUT2D eigenvalue weighted by molar-refractivity contribution is 0.583. The third-order valence-corrected chi connectivity index (χ3v) is 3.90. The molecule has 0 fully saturated rings. The van der Waals surface area contributed by atoms with Gasteiger partial charge in [0.2, 0.25) is 0 Å². The Morgan fingerprint density at radius 3 is 2.38 bits per heavy atom. The number of benzene rings is 1. The van der Waals surface area contributed by atoms with Crippen molar-refractivity contribution in [2.45, 2.75) is 24.0 Å². The van der Waals surface area contributed by atoms with Gasteiger partial charge in [-0.1, -0.05) is 6.07 Å². The molecule has 13 heavy (non-hydrogen) atoms. The minimum atomic E-state index is -3.34. The van der Waals surface area contributed by atoms with Gasteiger partial charge in [-0.25, -0.2) is 12.8 Å². The minimum Gasteiger partial charge on any atom is -0.223 e. The highest BCUT2D eigenvalue weighted by Gasteiger charge is 2.18. The fraction of sp³-hybridized carbons (Fsp3) is 0.333. The van der Waals surface area contributed by atoms with Crippen LogP contribution < -0.4 is 0 Å². The van der Waals surface area contributed by atoms with Crippen molar-refractivity contribution >= 4 is 9.84 Å². The minimum absolute atomic E-state index is 0.0440. The number of rotatable bonds is 2. The van der Waals surface area contributed by atoms with Gasteiger partial charge in [0.25, 0.3) is 0 Å². The average molecular weight is 202 g/mol. The predicted octanol–water partition coefficient (Wildman–Crippen LogP) is 2.01. The predicted molar refractivity (Wildman–Crippen MR) is 48.7 cm³/mol. The van der Waals surface area contributed by atoms with E-state index in [2.05, 4.69) is 0 Å². The number of hydrogen-bond acceptors (Lipinski definition) is 2. The van der Waals surface area contributed by atoms with Crippen molar-refractivity contribution in [3.05, 3.63) is 30.1 Å². The highest BCUT2D eigenvalue weighted by molar-refractivity contribution is 7.92. The van der Waals surface area contributed by atoms with Crippen molar-refractivity contribution in [3.8, 4) is 0 Å². The van der Waals surface area contributed by atoms with E-state index in [4.69, 9.17) is 0 Å². The van der Waals surface area contributed by atoms with Crippen LogP contribution in [-0.4, -0.2) is 13.7 Å². The standard InChI is InChI=1S/C9H11FO2S/c1-7(2)13(11,12)9-5-3-4-8(10)6-9/h3-7H,1-2H3. The van der Waals surface area contributed by atoms with Crippen molar-refractivity contribution in [1.82, 2.24) is 0 Å². The third kappa shape index (κ3) is 2.06. The number of halogens is 1. The molecule has 1 aromatic rings. The summed E-state index contributed by atoms with van der Waals surface area (Å²) < 4.78 is 35.7. The van der Waals surface area contributed by atoms with E-state index in [1.807, 2.05) is 0 Å². The van der Waals surface area contributed by atoms with E-state index in [0.717, 1.165) is 6.07 Å². The van der Waals surface area contributed by atoms with Gasteiger partial charge in [0.05, 0.1) is 10.1 Å². The number of hydrogen-bond donors (Lipinski definition) is 0. The van der Waals surface area contributed by atoms with Crippen LogP contribution in [0.4, 0.5) is 4.39 Å². The molecule has 2 nitrogen and oxygen atoms in total. The van der Waals surface area contributed by atoms with Gasteiger partial charge in [-0.05, 0) is 32.0 Å². The van der Waals surface area contributed by atoms with Gasteiger partial charge < -0.3 is 0 Å². The lowest BCUT2D eigenvalue weighted by atomic mass is 10.3. The fourth-order valence-corrected chi connectivity index (χ4v) is 2.01. The smallest absolute Gasteiger partial charge is 0.180 e. The van der Waals surface area contributed by atoms with Crippen molar-refractivity contribution in [2.75, 3.05) is 0 Å². The Kier molecular flexibility index (Phi) is 2.71. The Morgan fingerprint density at radius 2 is 1.92 bits per heavy atom. The summed E-state index contributed by atoms with van der Waals surface area (Å²) in [6.45, 7) is 3.14. The second-order valence-corrected chi connectivity index (χ2v) is 5.56. The summed E-state index contributed by atoms with van der Waals surface area (Å²) in [5.41, 5.74) is 0. The van der Waals surface area contributed by atoms with Crippen molar-refractivity contribution in [3.63, 3.8) is 0 Å². The molecule has 0 aromatic heterocycles. The Bertz CT molecular complexity index is 396. The lowest BCUT2D eigenvalue weighted by Crippen LogP contribution is -2.13. The second-order valence-electron chi connectivity index (χ2n) is 3.05. The van der Waals surface area contributed by atoms with E-state index in [-0.39, 0.29) is 4.90 Å². The summed E-state index contributed by atoms with van der Waals surface area (Å²) in [5, 5.41) is -0.519. The Balaban J connectivity index is 3.24. The largest absolute Gasteiger partial charge is 0.223 e. The molecule has 0 spiro atoms. The molecule has 0 saturated heterocycles. The Labute approximate surface area is 77.3 Å². The van der Waals surface area contributed by atoms with Gasteiger partial charge in [0.15, 0.2) is 9.84 Å². The molecule has 0 aliphatic carbocycles. The summed E-state index contributed by atoms with van der Waals surface area (Å²) in [6, 6.07) is 5.05. The third-order valence-electron chi connectivity index (χ3n) is 1.75. The van der Waals surface area contributed by atoms with Crippen LogP contribution in [0, 0.1) is 5.82 Å². The molecule has 4 heteroatoms. The summed E-state index contributed by atoms with van der Waals surface area (Å²) in [4.78, 5) is 0.0440. The van der Waals surface area contributed by atoms with Gasteiger partial charge in [0, 0.05) is 0 Å². The van der Waals surface area contributed by atoms with Crippen molar-refractivity contribution in [1.29, 1.82) is 0 Å². The molecule has 1 rings (SSSR count).